The van der Waals surface area contributed by atoms with Crippen LogP contribution in [0.2, 0.25) is 0 Å². The second-order valence-electron chi connectivity index (χ2n) is 8.10. The second kappa shape index (κ2) is 9.21. The fraction of sp³-hybridized carbons (Fsp3) is 0.944. The molecule has 0 radical (unpaired) electrons. The lowest BCUT2D eigenvalue weighted by Crippen LogP contribution is -2.52. The van der Waals surface area contributed by atoms with Crippen LogP contribution >= 0.6 is 0 Å². The fourth-order valence-corrected chi connectivity index (χ4v) is 5.27. The zero-order chi connectivity index (χ0) is 18.4. The third kappa shape index (κ3) is 6.77. The van der Waals surface area contributed by atoms with Gasteiger partial charge in [0.1, 0.15) is 0 Å². The molecule has 0 aromatic heterocycles. The van der Waals surface area contributed by atoms with Gasteiger partial charge >= 0.3 is 6.03 Å². The Morgan fingerprint density at radius 1 is 1.28 bits per heavy atom. The van der Waals surface area contributed by atoms with Crippen LogP contribution in [-0.2, 0) is 14.6 Å². The van der Waals surface area contributed by atoms with Crippen molar-refractivity contribution in [3.8, 4) is 0 Å². The summed E-state index contributed by atoms with van der Waals surface area (Å²) < 4.78 is 29.8. The van der Waals surface area contributed by atoms with Crippen molar-refractivity contribution in [2.75, 3.05) is 31.2 Å². The Hall–Kier alpha value is -0.820. The van der Waals surface area contributed by atoms with E-state index in [1.54, 1.807) is 4.90 Å². The third-order valence-corrected chi connectivity index (χ3v) is 6.95. The molecular weight excluding hydrogens is 340 g/mol. The molecule has 0 spiro atoms. The maximum absolute atomic E-state index is 12.7. The van der Waals surface area contributed by atoms with Gasteiger partial charge in [-0.3, -0.25) is 0 Å². The molecule has 1 unspecified atom stereocenters. The molecule has 1 N–H and O–H groups in total. The highest BCUT2D eigenvalue weighted by Gasteiger charge is 2.31. The van der Waals surface area contributed by atoms with E-state index in [1.807, 2.05) is 6.92 Å². The Bertz CT molecular complexity index is 535. The molecule has 6 nitrogen and oxygen atoms in total. The summed E-state index contributed by atoms with van der Waals surface area (Å²) in [5.74, 6) is 0.810. The lowest BCUT2D eigenvalue weighted by atomic mass is 9.92. The summed E-state index contributed by atoms with van der Waals surface area (Å²) in [6, 6.07) is -0.114. The van der Waals surface area contributed by atoms with Gasteiger partial charge in [0.15, 0.2) is 9.84 Å². The summed E-state index contributed by atoms with van der Waals surface area (Å²) in [5.41, 5.74) is 0. The summed E-state index contributed by atoms with van der Waals surface area (Å²) in [4.78, 5) is 14.3. The Morgan fingerprint density at radius 2 is 2.00 bits per heavy atom. The monoisotopic (exact) mass is 374 g/mol. The number of ether oxygens (including phenoxy) is 1. The minimum absolute atomic E-state index is 0.0253. The van der Waals surface area contributed by atoms with Crippen LogP contribution in [0.4, 0.5) is 4.79 Å². The van der Waals surface area contributed by atoms with Gasteiger partial charge < -0.3 is 15.0 Å². The van der Waals surface area contributed by atoms with E-state index in [-0.39, 0.29) is 42.1 Å². The summed E-state index contributed by atoms with van der Waals surface area (Å²) in [7, 11) is -3.05. The zero-order valence-electron chi connectivity index (χ0n) is 15.9. The molecule has 1 aliphatic carbocycles. The molecule has 2 amide bonds. The van der Waals surface area contributed by atoms with Crippen molar-refractivity contribution < 1.29 is 17.9 Å². The standard InChI is InChI=1S/C18H34N2O4S/c1-14(2)8-10-24-17-7-5-4-6-16(17)19-18(21)20-9-11-25(22,23)13-15(3)12-20/h14-17H,4-13H2,1-3H3,(H,19,21)/t15?,16-,17-/m1/s1. The maximum atomic E-state index is 12.7. The minimum atomic E-state index is -3.05. The average Bonchev–Trinajstić information content (AvgIpc) is 2.65. The van der Waals surface area contributed by atoms with Crippen LogP contribution in [0.25, 0.3) is 0 Å². The molecule has 146 valence electrons. The van der Waals surface area contributed by atoms with E-state index < -0.39 is 9.84 Å². The van der Waals surface area contributed by atoms with Gasteiger partial charge in [-0.25, -0.2) is 13.2 Å². The quantitative estimate of drug-likeness (QED) is 0.802. The highest BCUT2D eigenvalue weighted by atomic mass is 32.2. The van der Waals surface area contributed by atoms with Crippen molar-refractivity contribution >= 4 is 15.9 Å². The first kappa shape index (κ1) is 20.5. The first-order chi connectivity index (χ1) is 11.8. The van der Waals surface area contributed by atoms with Crippen molar-refractivity contribution in [1.29, 1.82) is 0 Å². The average molecular weight is 375 g/mol. The van der Waals surface area contributed by atoms with Crippen LogP contribution in [-0.4, -0.2) is 62.7 Å². The second-order valence-corrected chi connectivity index (χ2v) is 10.3. The number of hydrogen-bond acceptors (Lipinski definition) is 4. The van der Waals surface area contributed by atoms with Gasteiger partial charge in [-0.2, -0.15) is 0 Å². The van der Waals surface area contributed by atoms with Crippen molar-refractivity contribution in [3.05, 3.63) is 0 Å². The number of sulfone groups is 1. The fourth-order valence-electron chi connectivity index (χ4n) is 3.64. The molecule has 25 heavy (non-hydrogen) atoms. The molecule has 1 aliphatic heterocycles. The van der Waals surface area contributed by atoms with Crippen LogP contribution in [0.15, 0.2) is 0 Å². The van der Waals surface area contributed by atoms with Crippen LogP contribution in [0.5, 0.6) is 0 Å². The smallest absolute Gasteiger partial charge is 0.317 e. The normalized spacial score (nSPS) is 30.1. The van der Waals surface area contributed by atoms with E-state index in [9.17, 15) is 13.2 Å². The molecule has 0 bridgehead atoms. The van der Waals surface area contributed by atoms with Gasteiger partial charge in [0.05, 0.1) is 23.7 Å². The lowest BCUT2D eigenvalue weighted by molar-refractivity contribution is 0.00218. The van der Waals surface area contributed by atoms with E-state index in [0.29, 0.717) is 12.5 Å². The van der Waals surface area contributed by atoms with E-state index in [1.165, 1.54) is 0 Å². The number of urea groups is 1. The van der Waals surface area contributed by atoms with E-state index in [4.69, 9.17) is 4.74 Å². The van der Waals surface area contributed by atoms with Crippen molar-refractivity contribution in [2.45, 2.75) is 65.0 Å². The summed E-state index contributed by atoms with van der Waals surface area (Å²) in [5, 5.41) is 3.12. The van der Waals surface area contributed by atoms with E-state index in [2.05, 4.69) is 19.2 Å². The highest BCUT2D eigenvalue weighted by molar-refractivity contribution is 7.91. The number of nitrogens with zero attached hydrogens (tertiary/aromatic N) is 1. The van der Waals surface area contributed by atoms with Crippen LogP contribution < -0.4 is 5.32 Å². The lowest BCUT2D eigenvalue weighted by Gasteiger charge is -2.34. The Kier molecular flexibility index (Phi) is 7.55. The number of carbonyl (C=O) groups excluding carboxylic acids is 1. The first-order valence-electron chi connectivity index (χ1n) is 9.64. The molecule has 3 atom stereocenters. The number of nitrogens with one attached hydrogen (secondary N) is 1. The third-order valence-electron chi connectivity index (χ3n) is 5.07. The van der Waals surface area contributed by atoms with Gasteiger partial charge in [-0.05, 0) is 31.1 Å². The maximum Gasteiger partial charge on any atom is 0.317 e. The predicted molar refractivity (Wildman–Crippen MR) is 99.4 cm³/mol. The zero-order valence-corrected chi connectivity index (χ0v) is 16.7. The van der Waals surface area contributed by atoms with Gasteiger partial charge in [0.2, 0.25) is 0 Å². The Balaban J connectivity index is 1.90. The Morgan fingerprint density at radius 3 is 2.72 bits per heavy atom. The van der Waals surface area contributed by atoms with Crippen molar-refractivity contribution in [2.24, 2.45) is 11.8 Å². The highest BCUT2D eigenvalue weighted by Crippen LogP contribution is 2.22. The van der Waals surface area contributed by atoms with E-state index >= 15 is 0 Å². The molecular formula is C18H34N2O4S. The predicted octanol–water partition coefficient (Wildman–Crippen LogP) is 2.44. The molecule has 1 heterocycles. The SMILES string of the molecule is CC(C)CCO[C@@H]1CCCC[C@H]1NC(=O)N1CCS(=O)(=O)CC(C)C1. The molecule has 2 aliphatic rings. The number of carbonyl (C=O) groups is 1. The molecule has 1 saturated carbocycles. The molecule has 0 aromatic carbocycles. The molecule has 7 heteroatoms. The van der Waals surface area contributed by atoms with E-state index in [0.717, 1.165) is 38.7 Å². The molecule has 1 saturated heterocycles. The minimum Gasteiger partial charge on any atom is -0.376 e. The molecule has 0 aromatic rings. The number of rotatable bonds is 5. The van der Waals surface area contributed by atoms with Crippen LogP contribution in [0.1, 0.15) is 52.9 Å². The largest absolute Gasteiger partial charge is 0.376 e. The first-order valence-corrected chi connectivity index (χ1v) is 11.5. The topological polar surface area (TPSA) is 75.7 Å². The number of amides is 2. The number of hydrogen-bond donors (Lipinski definition) is 1. The Labute approximate surface area is 152 Å². The van der Waals surface area contributed by atoms with Gasteiger partial charge in [0.25, 0.3) is 0 Å². The summed E-state index contributed by atoms with van der Waals surface area (Å²) >= 11 is 0. The van der Waals surface area contributed by atoms with Crippen molar-refractivity contribution in [3.63, 3.8) is 0 Å². The van der Waals surface area contributed by atoms with Crippen LogP contribution in [0, 0.1) is 11.8 Å². The molecule has 2 fully saturated rings. The van der Waals surface area contributed by atoms with Gasteiger partial charge in [0, 0.05) is 19.7 Å². The summed E-state index contributed by atoms with van der Waals surface area (Å²) in [6.07, 6.45) is 5.24. The van der Waals surface area contributed by atoms with Crippen molar-refractivity contribution in [1.82, 2.24) is 10.2 Å². The van der Waals surface area contributed by atoms with Gasteiger partial charge in [-0.15, -0.1) is 0 Å². The molecule has 2 rings (SSSR count). The van der Waals surface area contributed by atoms with Crippen LogP contribution in [0.3, 0.4) is 0 Å². The summed E-state index contributed by atoms with van der Waals surface area (Å²) in [6.45, 7) is 7.76. The van der Waals surface area contributed by atoms with Gasteiger partial charge in [-0.1, -0.05) is 33.6 Å².